The molecule has 2 fully saturated rings. The molecule has 0 saturated carbocycles. The van der Waals surface area contributed by atoms with Crippen molar-refractivity contribution in [3.63, 3.8) is 0 Å². The molecule has 1 amide bonds. The van der Waals surface area contributed by atoms with E-state index in [0.717, 1.165) is 50.0 Å². The van der Waals surface area contributed by atoms with Crippen LogP contribution in [0.2, 0.25) is 0 Å². The van der Waals surface area contributed by atoms with Gasteiger partial charge in [0.2, 0.25) is 5.91 Å². The van der Waals surface area contributed by atoms with Crippen LogP contribution in [0.4, 0.5) is 5.69 Å². The number of anilines is 1. The fourth-order valence-corrected chi connectivity index (χ4v) is 4.58. The Kier molecular flexibility index (Phi) is 6.95. The summed E-state index contributed by atoms with van der Waals surface area (Å²) >= 11 is 0. The lowest BCUT2D eigenvalue weighted by atomic mass is 9.74. The average molecular weight is 437 g/mol. The van der Waals surface area contributed by atoms with E-state index in [0.29, 0.717) is 13.0 Å². The molecule has 0 aliphatic carbocycles. The Morgan fingerprint density at radius 1 is 1.16 bits per heavy atom. The maximum absolute atomic E-state index is 12.6. The summed E-state index contributed by atoms with van der Waals surface area (Å²) in [7, 11) is 3.45. The standard InChI is InChI=1S/C25H32N4O3/c1-26-24(28-20-16-23(30)29(17-20)21-6-4-3-5-7-21)27-18-25(12-14-32-15-13-25)19-8-10-22(31-2)11-9-19/h3-11,20H,12-18H2,1-2H3,(H2,26,27,28). The minimum absolute atomic E-state index is 0.0144. The topological polar surface area (TPSA) is 75.2 Å². The summed E-state index contributed by atoms with van der Waals surface area (Å²) in [4.78, 5) is 18.8. The van der Waals surface area contributed by atoms with Crippen molar-refractivity contribution >= 4 is 17.6 Å². The molecule has 2 aromatic rings. The number of rotatable bonds is 6. The molecule has 7 nitrogen and oxygen atoms in total. The monoisotopic (exact) mass is 436 g/mol. The van der Waals surface area contributed by atoms with E-state index in [-0.39, 0.29) is 17.4 Å². The van der Waals surface area contributed by atoms with Gasteiger partial charge in [0.25, 0.3) is 0 Å². The lowest BCUT2D eigenvalue weighted by Gasteiger charge is -2.38. The molecule has 2 N–H and O–H groups in total. The predicted molar refractivity (Wildman–Crippen MR) is 126 cm³/mol. The number of methoxy groups -OCH3 is 1. The Bertz CT molecular complexity index is 924. The van der Waals surface area contributed by atoms with Crippen molar-refractivity contribution in [1.29, 1.82) is 0 Å². The van der Waals surface area contributed by atoms with Gasteiger partial charge in [-0.15, -0.1) is 0 Å². The van der Waals surface area contributed by atoms with Crippen LogP contribution in [0.15, 0.2) is 59.6 Å². The fraction of sp³-hybridized carbons (Fsp3) is 0.440. The van der Waals surface area contributed by atoms with Gasteiger partial charge >= 0.3 is 0 Å². The first kappa shape index (κ1) is 22.1. The first-order chi connectivity index (χ1) is 15.6. The summed E-state index contributed by atoms with van der Waals surface area (Å²) in [5.41, 5.74) is 2.17. The second-order valence-electron chi connectivity index (χ2n) is 8.43. The van der Waals surface area contributed by atoms with Crippen LogP contribution >= 0.6 is 0 Å². The van der Waals surface area contributed by atoms with E-state index in [4.69, 9.17) is 9.47 Å². The van der Waals surface area contributed by atoms with Crippen molar-refractivity contribution < 1.29 is 14.3 Å². The lowest BCUT2D eigenvalue weighted by Crippen LogP contribution is -2.50. The maximum atomic E-state index is 12.6. The Labute approximate surface area is 189 Å². The summed E-state index contributed by atoms with van der Waals surface area (Å²) in [5.74, 6) is 1.70. The minimum Gasteiger partial charge on any atom is -0.497 e. The third-order valence-electron chi connectivity index (χ3n) is 6.50. The number of hydrogen-bond acceptors (Lipinski definition) is 4. The molecule has 0 aromatic heterocycles. The van der Waals surface area contributed by atoms with Crippen LogP contribution in [0.1, 0.15) is 24.8 Å². The highest BCUT2D eigenvalue weighted by molar-refractivity contribution is 5.97. The molecule has 1 unspecified atom stereocenters. The Morgan fingerprint density at radius 2 is 1.88 bits per heavy atom. The van der Waals surface area contributed by atoms with Crippen molar-refractivity contribution in [3.8, 4) is 5.75 Å². The zero-order valence-electron chi connectivity index (χ0n) is 18.8. The number of para-hydroxylation sites is 1. The van der Waals surface area contributed by atoms with E-state index in [1.54, 1.807) is 14.2 Å². The molecular formula is C25H32N4O3. The van der Waals surface area contributed by atoms with Crippen LogP contribution in [-0.2, 0) is 14.9 Å². The molecule has 1 atom stereocenters. The highest BCUT2D eigenvalue weighted by Crippen LogP contribution is 2.35. The van der Waals surface area contributed by atoms with Crippen molar-refractivity contribution in [2.45, 2.75) is 30.7 Å². The summed E-state index contributed by atoms with van der Waals surface area (Å²) < 4.78 is 11.0. The van der Waals surface area contributed by atoms with Gasteiger partial charge < -0.3 is 25.0 Å². The highest BCUT2D eigenvalue weighted by atomic mass is 16.5. The van der Waals surface area contributed by atoms with Gasteiger partial charge in [-0.3, -0.25) is 9.79 Å². The molecule has 7 heteroatoms. The zero-order valence-corrected chi connectivity index (χ0v) is 18.8. The molecule has 32 heavy (non-hydrogen) atoms. The normalized spacial score (nSPS) is 20.8. The Morgan fingerprint density at radius 3 is 2.53 bits per heavy atom. The van der Waals surface area contributed by atoms with Crippen molar-refractivity contribution in [1.82, 2.24) is 10.6 Å². The van der Waals surface area contributed by atoms with Crippen LogP contribution < -0.4 is 20.3 Å². The molecule has 4 rings (SSSR count). The predicted octanol–water partition coefficient (Wildman–Crippen LogP) is 2.71. The van der Waals surface area contributed by atoms with Gasteiger partial charge in [0.15, 0.2) is 5.96 Å². The third kappa shape index (κ3) is 4.88. The number of ether oxygens (including phenoxy) is 2. The SMILES string of the molecule is CN=C(NCC1(c2ccc(OC)cc2)CCOCC1)NC1CC(=O)N(c2ccccc2)C1. The average Bonchev–Trinajstić information content (AvgIpc) is 3.22. The van der Waals surface area contributed by atoms with Crippen LogP contribution in [0, 0.1) is 0 Å². The molecule has 2 aromatic carbocycles. The highest BCUT2D eigenvalue weighted by Gasteiger charge is 2.35. The summed E-state index contributed by atoms with van der Waals surface area (Å²) in [5, 5.41) is 6.97. The first-order valence-electron chi connectivity index (χ1n) is 11.2. The summed E-state index contributed by atoms with van der Waals surface area (Å²) in [6, 6.07) is 18.1. The first-order valence-corrected chi connectivity index (χ1v) is 11.2. The second kappa shape index (κ2) is 10.0. The molecule has 2 aliphatic rings. The number of carbonyl (C=O) groups is 1. The number of amides is 1. The minimum atomic E-state index is -0.0380. The molecule has 2 aliphatic heterocycles. The molecule has 2 saturated heterocycles. The Hall–Kier alpha value is -3.06. The van der Waals surface area contributed by atoms with Crippen LogP contribution in [0.25, 0.3) is 0 Å². The van der Waals surface area contributed by atoms with Gasteiger partial charge in [0.05, 0.1) is 13.2 Å². The third-order valence-corrected chi connectivity index (χ3v) is 6.50. The molecule has 0 bridgehead atoms. The van der Waals surface area contributed by atoms with Gasteiger partial charge in [-0.05, 0) is 42.7 Å². The summed E-state index contributed by atoms with van der Waals surface area (Å²) in [6.45, 7) is 2.85. The number of hydrogen-bond donors (Lipinski definition) is 2. The molecule has 2 heterocycles. The van der Waals surface area contributed by atoms with Crippen molar-refractivity contribution in [2.75, 3.05) is 45.4 Å². The van der Waals surface area contributed by atoms with Crippen molar-refractivity contribution in [2.24, 2.45) is 4.99 Å². The van der Waals surface area contributed by atoms with E-state index in [9.17, 15) is 4.79 Å². The molecular weight excluding hydrogens is 404 g/mol. The van der Waals surface area contributed by atoms with Gasteiger partial charge in [-0.2, -0.15) is 0 Å². The largest absolute Gasteiger partial charge is 0.497 e. The number of benzene rings is 2. The zero-order chi connectivity index (χ0) is 22.4. The van der Waals surface area contributed by atoms with Crippen LogP contribution in [0.5, 0.6) is 5.75 Å². The van der Waals surface area contributed by atoms with Gasteiger partial charge in [0.1, 0.15) is 5.75 Å². The number of guanidine groups is 1. The van der Waals surface area contributed by atoms with E-state index in [1.165, 1.54) is 5.56 Å². The van der Waals surface area contributed by atoms with Gasteiger partial charge in [-0.25, -0.2) is 0 Å². The van der Waals surface area contributed by atoms with E-state index in [2.05, 4.69) is 27.8 Å². The van der Waals surface area contributed by atoms with Gasteiger partial charge in [0, 0.05) is 50.9 Å². The molecule has 0 spiro atoms. The lowest BCUT2D eigenvalue weighted by molar-refractivity contribution is -0.117. The molecule has 0 radical (unpaired) electrons. The van der Waals surface area contributed by atoms with E-state index < -0.39 is 0 Å². The quantitative estimate of drug-likeness (QED) is 0.538. The smallest absolute Gasteiger partial charge is 0.229 e. The maximum Gasteiger partial charge on any atom is 0.229 e. The summed E-state index contributed by atoms with van der Waals surface area (Å²) in [6.07, 6.45) is 2.33. The number of carbonyl (C=O) groups excluding carboxylic acids is 1. The second-order valence-corrected chi connectivity index (χ2v) is 8.43. The van der Waals surface area contributed by atoms with Gasteiger partial charge in [-0.1, -0.05) is 30.3 Å². The van der Waals surface area contributed by atoms with E-state index >= 15 is 0 Å². The number of aliphatic imine (C=N–C) groups is 1. The molecule has 170 valence electrons. The van der Waals surface area contributed by atoms with Crippen molar-refractivity contribution in [3.05, 3.63) is 60.2 Å². The Balaban J connectivity index is 1.41. The van der Waals surface area contributed by atoms with Crippen LogP contribution in [-0.4, -0.2) is 58.4 Å². The fourth-order valence-electron chi connectivity index (χ4n) is 4.58. The van der Waals surface area contributed by atoms with Crippen LogP contribution in [0.3, 0.4) is 0 Å². The van der Waals surface area contributed by atoms with E-state index in [1.807, 2.05) is 47.4 Å². The number of nitrogens with one attached hydrogen (secondary N) is 2. The number of nitrogens with zero attached hydrogens (tertiary/aromatic N) is 2.